The molecule has 8 heteroatoms. The van der Waals surface area contributed by atoms with Crippen LogP contribution in [0.2, 0.25) is 0 Å². The maximum Gasteiger partial charge on any atom is 0.207 e. The molecule has 1 aromatic carbocycles. The van der Waals surface area contributed by atoms with Crippen LogP contribution in [0.25, 0.3) is 16.9 Å². The van der Waals surface area contributed by atoms with Gasteiger partial charge in [0.05, 0.1) is 5.69 Å². The van der Waals surface area contributed by atoms with Gasteiger partial charge in [0.15, 0.2) is 17.3 Å². The van der Waals surface area contributed by atoms with Gasteiger partial charge in [-0.1, -0.05) is 0 Å². The zero-order valence-corrected chi connectivity index (χ0v) is 11.3. The first-order chi connectivity index (χ1) is 9.47. The Morgan fingerprint density at radius 2 is 1.75 bits per heavy atom. The van der Waals surface area contributed by atoms with E-state index in [-0.39, 0.29) is 17.3 Å². The third-order valence-electron chi connectivity index (χ3n) is 2.72. The van der Waals surface area contributed by atoms with Crippen LogP contribution in [0.5, 0.6) is 0 Å². The highest BCUT2D eigenvalue weighted by Crippen LogP contribution is 2.26. The molecule has 2 N–H and O–H groups in total. The quantitative estimate of drug-likeness (QED) is 0.691. The Morgan fingerprint density at radius 3 is 2.50 bits per heavy atom. The van der Waals surface area contributed by atoms with Crippen LogP contribution in [0.4, 0.5) is 19.1 Å². The van der Waals surface area contributed by atoms with Gasteiger partial charge in [0, 0.05) is 22.8 Å². The van der Waals surface area contributed by atoms with E-state index in [1.54, 1.807) is 6.07 Å². The average Bonchev–Trinajstić information content (AvgIpc) is 2.69. The van der Waals surface area contributed by atoms with Gasteiger partial charge in [0.2, 0.25) is 5.95 Å². The van der Waals surface area contributed by atoms with Gasteiger partial charge in [-0.2, -0.15) is 0 Å². The van der Waals surface area contributed by atoms with E-state index in [0.717, 1.165) is 4.57 Å². The van der Waals surface area contributed by atoms with Gasteiger partial charge in [-0.05, 0) is 22.0 Å². The normalized spacial score (nSPS) is 11.2. The summed E-state index contributed by atoms with van der Waals surface area (Å²) in [7, 11) is 0. The van der Waals surface area contributed by atoms with Gasteiger partial charge in [-0.15, -0.1) is 0 Å². The predicted octanol–water partition coefficient (Wildman–Crippen LogP) is 3.18. The predicted molar refractivity (Wildman–Crippen MR) is 70.9 cm³/mol. The Bertz CT molecular complexity index is 831. The summed E-state index contributed by atoms with van der Waals surface area (Å²) in [4.78, 5) is 8.07. The second-order valence-electron chi connectivity index (χ2n) is 4.02. The highest BCUT2D eigenvalue weighted by molar-refractivity contribution is 9.10. The Labute approximate surface area is 119 Å². The highest BCUT2D eigenvalue weighted by atomic mass is 79.9. The number of anilines is 1. The second-order valence-corrected chi connectivity index (χ2v) is 4.94. The summed E-state index contributed by atoms with van der Waals surface area (Å²) in [5.74, 6) is -3.49. The summed E-state index contributed by atoms with van der Waals surface area (Å²) in [6.45, 7) is 0. The smallest absolute Gasteiger partial charge is 0.207 e. The Balaban J connectivity index is 2.35. The van der Waals surface area contributed by atoms with Crippen molar-refractivity contribution < 1.29 is 13.2 Å². The number of imidazole rings is 1. The largest absolute Gasteiger partial charge is 0.369 e. The molecule has 102 valence electrons. The number of aromatic nitrogens is 3. The minimum absolute atomic E-state index is 0.0736. The van der Waals surface area contributed by atoms with Crippen molar-refractivity contribution in [2.24, 2.45) is 0 Å². The van der Waals surface area contributed by atoms with Crippen LogP contribution in [0, 0.1) is 17.5 Å². The molecule has 2 heterocycles. The molecule has 0 aliphatic rings. The van der Waals surface area contributed by atoms with E-state index in [4.69, 9.17) is 5.73 Å². The third kappa shape index (κ3) is 1.92. The van der Waals surface area contributed by atoms with E-state index in [1.165, 1.54) is 6.20 Å². The van der Waals surface area contributed by atoms with Crippen LogP contribution in [-0.4, -0.2) is 14.5 Å². The van der Waals surface area contributed by atoms with Crippen molar-refractivity contribution in [3.63, 3.8) is 0 Å². The van der Waals surface area contributed by atoms with Crippen molar-refractivity contribution in [3.05, 3.63) is 46.3 Å². The van der Waals surface area contributed by atoms with Crippen molar-refractivity contribution in [3.8, 4) is 5.69 Å². The molecule has 0 unspecified atom stereocenters. The molecule has 2 aromatic heterocycles. The molecule has 0 saturated carbocycles. The number of rotatable bonds is 1. The first-order valence-corrected chi connectivity index (χ1v) is 6.21. The first-order valence-electron chi connectivity index (χ1n) is 5.42. The molecule has 0 spiro atoms. The molecule has 3 aromatic rings. The Kier molecular flexibility index (Phi) is 2.89. The lowest BCUT2D eigenvalue weighted by molar-refractivity contribution is 0.493. The Morgan fingerprint density at radius 1 is 1.05 bits per heavy atom. The van der Waals surface area contributed by atoms with Gasteiger partial charge < -0.3 is 5.73 Å². The number of nitrogens with two attached hydrogens (primary N) is 1. The maximum absolute atomic E-state index is 13.8. The van der Waals surface area contributed by atoms with Crippen LogP contribution in [0.1, 0.15) is 0 Å². The van der Waals surface area contributed by atoms with Gasteiger partial charge in [0.25, 0.3) is 0 Å². The van der Waals surface area contributed by atoms with Crippen LogP contribution in [-0.2, 0) is 0 Å². The number of hydrogen-bond donors (Lipinski definition) is 1. The van der Waals surface area contributed by atoms with Crippen molar-refractivity contribution in [2.75, 3.05) is 5.73 Å². The summed E-state index contributed by atoms with van der Waals surface area (Å²) in [5, 5.41) is 0. The van der Waals surface area contributed by atoms with Crippen molar-refractivity contribution in [2.45, 2.75) is 0 Å². The van der Waals surface area contributed by atoms with Crippen molar-refractivity contribution >= 4 is 33.0 Å². The van der Waals surface area contributed by atoms with Gasteiger partial charge in [-0.25, -0.2) is 23.1 Å². The summed E-state index contributed by atoms with van der Waals surface area (Å²) < 4.78 is 41.9. The fourth-order valence-corrected chi connectivity index (χ4v) is 2.20. The molecule has 0 atom stereocenters. The number of halogens is 4. The van der Waals surface area contributed by atoms with E-state index in [9.17, 15) is 13.2 Å². The lowest BCUT2D eigenvalue weighted by atomic mass is 10.2. The molecular formula is C12H6BrF3N4. The number of nitrogens with zero attached hydrogens (tertiary/aromatic N) is 3. The minimum atomic E-state index is -1.27. The lowest BCUT2D eigenvalue weighted by Crippen LogP contribution is -2.05. The van der Waals surface area contributed by atoms with Crippen molar-refractivity contribution in [1.29, 1.82) is 0 Å². The van der Waals surface area contributed by atoms with E-state index in [0.29, 0.717) is 22.1 Å². The van der Waals surface area contributed by atoms with E-state index in [2.05, 4.69) is 25.9 Å². The van der Waals surface area contributed by atoms with Crippen LogP contribution in [0.3, 0.4) is 0 Å². The standard InChI is InChI=1S/C12H6BrF3N4/c13-5-1-9-11(18-4-5)20(12(17)19-9)10-3-7(15)6(14)2-8(10)16/h1-4H,(H2,17,19). The number of pyridine rings is 1. The zero-order chi connectivity index (χ0) is 14.4. The zero-order valence-electron chi connectivity index (χ0n) is 9.74. The van der Waals surface area contributed by atoms with Crippen molar-refractivity contribution in [1.82, 2.24) is 14.5 Å². The van der Waals surface area contributed by atoms with E-state index < -0.39 is 17.5 Å². The highest BCUT2D eigenvalue weighted by Gasteiger charge is 2.17. The Hall–Kier alpha value is -2.09. The van der Waals surface area contributed by atoms with Gasteiger partial charge >= 0.3 is 0 Å². The molecule has 4 nitrogen and oxygen atoms in total. The van der Waals surface area contributed by atoms with Crippen LogP contribution in [0.15, 0.2) is 28.9 Å². The molecule has 0 radical (unpaired) electrons. The fraction of sp³-hybridized carbons (Fsp3) is 0. The molecule has 20 heavy (non-hydrogen) atoms. The summed E-state index contributed by atoms with van der Waals surface area (Å²) in [5.41, 5.74) is 6.10. The van der Waals surface area contributed by atoms with Crippen LogP contribution >= 0.6 is 15.9 Å². The number of benzene rings is 1. The first kappa shape index (κ1) is 12.9. The van der Waals surface area contributed by atoms with Gasteiger partial charge in [0.1, 0.15) is 11.3 Å². The number of fused-ring (bicyclic) bond motifs is 1. The molecule has 0 aliphatic heterocycles. The SMILES string of the molecule is Nc1nc2cc(Br)cnc2n1-c1cc(F)c(F)cc1F. The number of nitrogen functional groups attached to an aromatic ring is 1. The summed E-state index contributed by atoms with van der Waals surface area (Å²) in [6.07, 6.45) is 1.47. The average molecular weight is 343 g/mol. The van der Waals surface area contributed by atoms with E-state index >= 15 is 0 Å². The molecular weight excluding hydrogens is 337 g/mol. The fourth-order valence-electron chi connectivity index (χ4n) is 1.88. The monoisotopic (exact) mass is 342 g/mol. The lowest BCUT2D eigenvalue weighted by Gasteiger charge is -2.07. The molecule has 0 fully saturated rings. The third-order valence-corrected chi connectivity index (χ3v) is 3.15. The maximum atomic E-state index is 13.8. The second kappa shape index (κ2) is 4.48. The topological polar surface area (TPSA) is 56.7 Å². The number of hydrogen-bond acceptors (Lipinski definition) is 3. The molecule has 0 amide bonds. The van der Waals surface area contributed by atoms with Gasteiger partial charge in [-0.3, -0.25) is 4.57 Å². The minimum Gasteiger partial charge on any atom is -0.369 e. The summed E-state index contributed by atoms with van der Waals surface area (Å²) >= 11 is 3.22. The molecule has 0 saturated heterocycles. The summed E-state index contributed by atoms with van der Waals surface area (Å²) in [6, 6.07) is 2.80. The van der Waals surface area contributed by atoms with E-state index in [1.807, 2.05) is 0 Å². The molecule has 0 aliphatic carbocycles. The molecule has 3 rings (SSSR count). The van der Waals surface area contributed by atoms with Crippen LogP contribution < -0.4 is 5.73 Å². The molecule has 0 bridgehead atoms.